The number of amides is 2. The third-order valence-corrected chi connectivity index (χ3v) is 6.88. The number of aromatic amines is 1. The van der Waals surface area contributed by atoms with Crippen molar-refractivity contribution in [3.8, 4) is 0 Å². The van der Waals surface area contributed by atoms with Crippen molar-refractivity contribution in [3.05, 3.63) is 44.9 Å². The number of hydrogen-bond donors (Lipinski definition) is 1. The number of fused-ring (bicyclic) bond motifs is 1. The van der Waals surface area contributed by atoms with Crippen molar-refractivity contribution in [3.63, 3.8) is 0 Å². The molecule has 2 fully saturated rings. The molecule has 31 heavy (non-hydrogen) atoms. The summed E-state index contributed by atoms with van der Waals surface area (Å²) in [6.07, 6.45) is 6.68. The van der Waals surface area contributed by atoms with E-state index in [1.54, 1.807) is 10.9 Å². The average molecular weight is 425 g/mol. The minimum absolute atomic E-state index is 0.0822. The van der Waals surface area contributed by atoms with E-state index in [-0.39, 0.29) is 29.3 Å². The highest BCUT2D eigenvalue weighted by atomic mass is 16.2. The number of nitrogens with one attached hydrogen (secondary N) is 1. The molecule has 3 aliphatic rings. The summed E-state index contributed by atoms with van der Waals surface area (Å²) in [5.74, 6) is 0.772. The largest absolute Gasteiger partial charge is 0.336 e. The van der Waals surface area contributed by atoms with Crippen molar-refractivity contribution in [2.24, 2.45) is 13.0 Å². The zero-order chi connectivity index (χ0) is 21.7. The lowest BCUT2D eigenvalue weighted by molar-refractivity contribution is -0.133. The summed E-state index contributed by atoms with van der Waals surface area (Å²) in [5.41, 5.74) is 2.59. The van der Waals surface area contributed by atoms with Crippen molar-refractivity contribution >= 4 is 11.8 Å². The molecule has 0 unspecified atom stereocenters. The molecule has 2 aromatic heterocycles. The highest BCUT2D eigenvalue weighted by Gasteiger charge is 2.37. The molecule has 1 atom stereocenters. The van der Waals surface area contributed by atoms with Gasteiger partial charge >= 0.3 is 0 Å². The van der Waals surface area contributed by atoms with Gasteiger partial charge in [-0.25, -0.2) is 4.98 Å². The van der Waals surface area contributed by atoms with Gasteiger partial charge in [-0.15, -0.1) is 0 Å². The number of rotatable bonds is 3. The second kappa shape index (κ2) is 7.62. The highest BCUT2D eigenvalue weighted by molar-refractivity contribution is 5.95. The number of aryl methyl sites for hydroxylation is 1. The molecule has 9 nitrogen and oxygen atoms in total. The fourth-order valence-electron chi connectivity index (χ4n) is 4.72. The summed E-state index contributed by atoms with van der Waals surface area (Å²) < 4.78 is 1.69. The summed E-state index contributed by atoms with van der Waals surface area (Å²) in [6.45, 7) is 3.44. The molecule has 0 radical (unpaired) electrons. The van der Waals surface area contributed by atoms with Crippen LogP contribution < -0.4 is 5.56 Å². The molecule has 2 aliphatic heterocycles. The Morgan fingerprint density at radius 1 is 1.16 bits per heavy atom. The predicted molar refractivity (Wildman–Crippen MR) is 112 cm³/mol. The summed E-state index contributed by atoms with van der Waals surface area (Å²) in [5, 5.41) is 4.20. The van der Waals surface area contributed by atoms with Gasteiger partial charge in [0.15, 0.2) is 0 Å². The van der Waals surface area contributed by atoms with E-state index in [9.17, 15) is 14.4 Å². The van der Waals surface area contributed by atoms with Gasteiger partial charge in [-0.2, -0.15) is 5.10 Å². The van der Waals surface area contributed by atoms with Crippen molar-refractivity contribution in [2.75, 3.05) is 13.1 Å². The minimum atomic E-state index is -0.284. The van der Waals surface area contributed by atoms with Gasteiger partial charge in [0.25, 0.3) is 11.5 Å². The molecule has 1 saturated heterocycles. The Bertz CT molecular complexity index is 1100. The van der Waals surface area contributed by atoms with Crippen molar-refractivity contribution < 1.29 is 9.59 Å². The minimum Gasteiger partial charge on any atom is -0.336 e. The van der Waals surface area contributed by atoms with Gasteiger partial charge in [-0.1, -0.05) is 0 Å². The van der Waals surface area contributed by atoms with E-state index in [0.29, 0.717) is 48.7 Å². The first-order valence-corrected chi connectivity index (χ1v) is 11.1. The molecule has 2 amide bonds. The normalized spacial score (nSPS) is 21.2. The van der Waals surface area contributed by atoms with Crippen LogP contribution in [0.3, 0.4) is 0 Å². The fourth-order valence-corrected chi connectivity index (χ4v) is 4.72. The lowest BCUT2D eigenvalue weighted by Gasteiger charge is -2.36. The summed E-state index contributed by atoms with van der Waals surface area (Å²) in [6, 6.07) is -0.284. The van der Waals surface area contributed by atoms with E-state index < -0.39 is 0 Å². The second-order valence-electron chi connectivity index (χ2n) is 8.94. The molecular weight excluding hydrogens is 396 g/mol. The van der Waals surface area contributed by atoms with E-state index in [0.717, 1.165) is 37.8 Å². The average Bonchev–Trinajstić information content (AvgIpc) is 3.58. The predicted octanol–water partition coefficient (Wildman–Crippen LogP) is 1.47. The SMILES string of the molecule is Cc1c(C(=O)N2CCCC[C@H]2c2nc3c(c(=O)[nH]2)CCN(C(=O)C2CC2)C3)cnn1C. The number of carbonyl (C=O) groups excluding carboxylic acids is 2. The van der Waals surface area contributed by atoms with Crippen LogP contribution >= 0.6 is 0 Å². The molecule has 9 heteroatoms. The monoisotopic (exact) mass is 424 g/mol. The third-order valence-electron chi connectivity index (χ3n) is 6.88. The van der Waals surface area contributed by atoms with Gasteiger partial charge in [0, 0.05) is 37.3 Å². The highest BCUT2D eigenvalue weighted by Crippen LogP contribution is 2.33. The van der Waals surface area contributed by atoms with Crippen LogP contribution in [0.15, 0.2) is 11.0 Å². The molecule has 5 rings (SSSR count). The Balaban J connectivity index is 1.45. The quantitative estimate of drug-likeness (QED) is 0.804. The molecule has 4 heterocycles. The van der Waals surface area contributed by atoms with Crippen LogP contribution in [0, 0.1) is 12.8 Å². The smallest absolute Gasteiger partial charge is 0.257 e. The number of piperidine rings is 1. The fraction of sp³-hybridized carbons (Fsp3) is 0.591. The zero-order valence-electron chi connectivity index (χ0n) is 18.1. The maximum atomic E-state index is 13.3. The lowest BCUT2D eigenvalue weighted by Crippen LogP contribution is -2.43. The van der Waals surface area contributed by atoms with Crippen LogP contribution in [-0.4, -0.2) is 54.5 Å². The summed E-state index contributed by atoms with van der Waals surface area (Å²) >= 11 is 0. The second-order valence-corrected chi connectivity index (χ2v) is 8.94. The molecule has 0 spiro atoms. The van der Waals surface area contributed by atoms with Crippen LogP contribution in [0.1, 0.15) is 71.3 Å². The van der Waals surface area contributed by atoms with Crippen LogP contribution in [0.5, 0.6) is 0 Å². The first-order valence-electron chi connectivity index (χ1n) is 11.1. The molecule has 0 bridgehead atoms. The molecule has 1 aliphatic carbocycles. The molecule has 0 aromatic carbocycles. The number of likely N-dealkylation sites (tertiary alicyclic amines) is 1. The van der Waals surface area contributed by atoms with E-state index in [2.05, 4.69) is 10.1 Å². The number of hydrogen-bond acceptors (Lipinski definition) is 5. The topological polar surface area (TPSA) is 104 Å². The van der Waals surface area contributed by atoms with Crippen molar-refractivity contribution in [1.29, 1.82) is 0 Å². The third kappa shape index (κ3) is 3.55. The number of carbonyl (C=O) groups is 2. The van der Waals surface area contributed by atoms with Crippen molar-refractivity contribution in [1.82, 2.24) is 29.5 Å². The van der Waals surface area contributed by atoms with Gasteiger partial charge in [-0.05, 0) is 45.4 Å². The standard InChI is InChI=1S/C22H28N6O3/c1-13-16(11-23-26(13)2)22(31)28-9-4-3-5-18(28)19-24-17-12-27(21(30)14-6-7-14)10-8-15(17)20(29)25-19/h11,14,18H,3-10,12H2,1-2H3,(H,24,25,29)/t18-/m0/s1. The van der Waals surface area contributed by atoms with E-state index in [1.807, 2.05) is 23.8 Å². The number of H-pyrrole nitrogens is 1. The van der Waals surface area contributed by atoms with Crippen LogP contribution in [-0.2, 0) is 24.8 Å². The van der Waals surface area contributed by atoms with Gasteiger partial charge in [-0.3, -0.25) is 19.1 Å². The van der Waals surface area contributed by atoms with Crippen LogP contribution in [0.4, 0.5) is 0 Å². The Hall–Kier alpha value is -2.97. The van der Waals surface area contributed by atoms with Gasteiger partial charge in [0.2, 0.25) is 5.91 Å². The Morgan fingerprint density at radius 3 is 2.68 bits per heavy atom. The first kappa shape index (κ1) is 20.0. The van der Waals surface area contributed by atoms with Crippen LogP contribution in [0.25, 0.3) is 0 Å². The first-order chi connectivity index (χ1) is 14.9. The van der Waals surface area contributed by atoms with Crippen LogP contribution in [0.2, 0.25) is 0 Å². The molecule has 2 aromatic rings. The number of nitrogens with zero attached hydrogens (tertiary/aromatic N) is 5. The van der Waals surface area contributed by atoms with Gasteiger partial charge in [0.1, 0.15) is 5.82 Å². The van der Waals surface area contributed by atoms with Crippen molar-refractivity contribution in [2.45, 2.75) is 58.0 Å². The number of aromatic nitrogens is 4. The Labute approximate surface area is 180 Å². The summed E-state index contributed by atoms with van der Waals surface area (Å²) in [7, 11) is 1.82. The molecule has 1 N–H and O–H groups in total. The molecule has 164 valence electrons. The van der Waals surface area contributed by atoms with E-state index in [1.165, 1.54) is 0 Å². The Kier molecular flexibility index (Phi) is 4.91. The van der Waals surface area contributed by atoms with Gasteiger partial charge in [0.05, 0.1) is 30.0 Å². The molecular formula is C22H28N6O3. The maximum Gasteiger partial charge on any atom is 0.257 e. The molecule has 1 saturated carbocycles. The van der Waals surface area contributed by atoms with Gasteiger partial charge < -0.3 is 14.8 Å². The maximum absolute atomic E-state index is 13.3. The zero-order valence-corrected chi connectivity index (χ0v) is 18.1. The Morgan fingerprint density at radius 2 is 1.97 bits per heavy atom. The summed E-state index contributed by atoms with van der Waals surface area (Å²) in [4.78, 5) is 50.1. The van der Waals surface area contributed by atoms with E-state index in [4.69, 9.17) is 4.98 Å². The van der Waals surface area contributed by atoms with E-state index >= 15 is 0 Å². The lowest BCUT2D eigenvalue weighted by atomic mass is 9.99.